The molecule has 1 aliphatic heterocycles. The first kappa shape index (κ1) is 18.8. The third-order valence-electron chi connectivity index (χ3n) is 5.56. The molecule has 148 valence electrons. The van der Waals surface area contributed by atoms with Crippen LogP contribution in [-0.2, 0) is 16.0 Å². The fraction of sp³-hybridized carbons (Fsp3) is 0.524. The van der Waals surface area contributed by atoms with Gasteiger partial charge in [0.25, 0.3) is 0 Å². The number of carbonyl (C=O) groups excluding carboxylic acids is 1. The van der Waals surface area contributed by atoms with Crippen molar-refractivity contribution in [3.8, 4) is 0 Å². The van der Waals surface area contributed by atoms with E-state index in [9.17, 15) is 4.79 Å². The van der Waals surface area contributed by atoms with Crippen molar-refractivity contribution in [2.24, 2.45) is 0 Å². The summed E-state index contributed by atoms with van der Waals surface area (Å²) in [5, 5.41) is 8.67. The molecule has 0 saturated carbocycles. The highest BCUT2D eigenvalue weighted by Gasteiger charge is 2.19. The summed E-state index contributed by atoms with van der Waals surface area (Å²) in [6.07, 6.45) is 3.34. The summed E-state index contributed by atoms with van der Waals surface area (Å²) in [6, 6.07) is 2.06. The number of ether oxygens (including phenoxy) is 1. The van der Waals surface area contributed by atoms with E-state index >= 15 is 0 Å². The zero-order valence-corrected chi connectivity index (χ0v) is 17.0. The molecule has 4 rings (SSSR count). The van der Waals surface area contributed by atoms with Gasteiger partial charge in [-0.1, -0.05) is 0 Å². The van der Waals surface area contributed by atoms with Crippen LogP contribution in [0.25, 0.3) is 16.7 Å². The lowest BCUT2D eigenvalue weighted by atomic mass is 10.1. The number of nitrogens with zero attached hydrogens (tertiary/aromatic N) is 4. The molecule has 1 aliphatic rings. The molecule has 1 N–H and O–H groups in total. The largest absolute Gasteiger partial charge is 0.376 e. The first-order valence-corrected chi connectivity index (χ1v) is 9.95. The number of nitrogens with one attached hydrogen (secondary N) is 1. The van der Waals surface area contributed by atoms with Crippen LogP contribution in [0, 0.1) is 27.7 Å². The molecule has 0 spiro atoms. The topological polar surface area (TPSA) is 81.4 Å². The number of fused-ring (bicyclic) bond motifs is 3. The van der Waals surface area contributed by atoms with Gasteiger partial charge in [-0.15, -0.1) is 5.10 Å². The van der Waals surface area contributed by atoms with Crippen LogP contribution in [0.1, 0.15) is 47.5 Å². The van der Waals surface area contributed by atoms with Gasteiger partial charge in [0.15, 0.2) is 11.3 Å². The summed E-state index contributed by atoms with van der Waals surface area (Å²) in [5.74, 6) is 0.0492. The van der Waals surface area contributed by atoms with Crippen LogP contribution in [0.4, 0.5) is 0 Å². The highest BCUT2D eigenvalue weighted by molar-refractivity contribution is 5.93. The molecule has 7 heteroatoms. The van der Waals surface area contributed by atoms with Crippen LogP contribution in [0.3, 0.4) is 0 Å². The van der Waals surface area contributed by atoms with Gasteiger partial charge < -0.3 is 10.1 Å². The molecule has 1 fully saturated rings. The van der Waals surface area contributed by atoms with Crippen molar-refractivity contribution >= 4 is 22.6 Å². The van der Waals surface area contributed by atoms with Crippen molar-refractivity contribution < 1.29 is 9.53 Å². The summed E-state index contributed by atoms with van der Waals surface area (Å²) < 4.78 is 7.43. The zero-order valence-electron chi connectivity index (χ0n) is 17.0. The number of pyridine rings is 1. The smallest absolute Gasteiger partial charge is 0.220 e. The second kappa shape index (κ2) is 7.47. The Hall–Kier alpha value is -2.54. The monoisotopic (exact) mass is 381 g/mol. The van der Waals surface area contributed by atoms with E-state index < -0.39 is 0 Å². The van der Waals surface area contributed by atoms with Gasteiger partial charge in [-0.25, -0.2) is 14.5 Å². The molecule has 0 radical (unpaired) electrons. The first-order chi connectivity index (χ1) is 13.4. The lowest BCUT2D eigenvalue weighted by Crippen LogP contribution is -2.32. The van der Waals surface area contributed by atoms with Gasteiger partial charge in [0.05, 0.1) is 11.5 Å². The average Bonchev–Trinajstić information content (AvgIpc) is 3.27. The van der Waals surface area contributed by atoms with E-state index in [0.29, 0.717) is 19.4 Å². The number of carbonyl (C=O) groups is 1. The quantitative estimate of drug-likeness (QED) is 0.735. The van der Waals surface area contributed by atoms with E-state index in [0.717, 1.165) is 64.3 Å². The van der Waals surface area contributed by atoms with Gasteiger partial charge in [0.2, 0.25) is 5.91 Å². The highest BCUT2D eigenvalue weighted by atomic mass is 16.5. The van der Waals surface area contributed by atoms with Crippen LogP contribution in [0.2, 0.25) is 0 Å². The molecule has 3 aromatic rings. The molecule has 1 atom stereocenters. The van der Waals surface area contributed by atoms with Crippen LogP contribution in [0.5, 0.6) is 0 Å². The van der Waals surface area contributed by atoms with Crippen LogP contribution < -0.4 is 5.32 Å². The molecule has 1 unspecified atom stereocenters. The molecule has 0 aliphatic carbocycles. The number of hydrogen-bond acceptors (Lipinski definition) is 5. The van der Waals surface area contributed by atoms with E-state index in [1.54, 1.807) is 0 Å². The minimum atomic E-state index is 0.0492. The van der Waals surface area contributed by atoms with E-state index in [1.165, 1.54) is 0 Å². The Morgan fingerprint density at radius 1 is 1.29 bits per heavy atom. The fourth-order valence-electron chi connectivity index (χ4n) is 4.09. The Balaban J connectivity index is 1.56. The highest BCUT2D eigenvalue weighted by Crippen LogP contribution is 2.25. The summed E-state index contributed by atoms with van der Waals surface area (Å²) >= 11 is 0. The molecular formula is C21H27N5O2. The minimum Gasteiger partial charge on any atom is -0.376 e. The predicted molar refractivity (Wildman–Crippen MR) is 108 cm³/mol. The van der Waals surface area contributed by atoms with Crippen molar-refractivity contribution in [1.82, 2.24) is 24.9 Å². The van der Waals surface area contributed by atoms with Crippen LogP contribution in [0.15, 0.2) is 6.07 Å². The van der Waals surface area contributed by atoms with Crippen molar-refractivity contribution in [2.45, 2.75) is 59.5 Å². The molecule has 0 bridgehead atoms. The average molecular weight is 381 g/mol. The number of rotatable bonds is 5. The number of aromatic nitrogens is 4. The van der Waals surface area contributed by atoms with Gasteiger partial charge in [-0.3, -0.25) is 4.79 Å². The Bertz CT molecular complexity index is 1050. The Morgan fingerprint density at radius 3 is 2.86 bits per heavy atom. The molecule has 7 nitrogen and oxygen atoms in total. The maximum Gasteiger partial charge on any atom is 0.220 e. The maximum absolute atomic E-state index is 12.3. The number of hydrogen-bond donors (Lipinski definition) is 1. The summed E-state index contributed by atoms with van der Waals surface area (Å²) in [7, 11) is 0. The van der Waals surface area contributed by atoms with Crippen LogP contribution >= 0.6 is 0 Å². The van der Waals surface area contributed by atoms with E-state index in [-0.39, 0.29) is 12.0 Å². The fourth-order valence-corrected chi connectivity index (χ4v) is 4.09. The minimum absolute atomic E-state index is 0.0492. The SMILES string of the molecule is Cc1cc(C)c2c(n1)nn1c(C)c(CCC(=O)NCC3CCCO3)c(C)nc21. The molecule has 1 saturated heterocycles. The van der Waals surface area contributed by atoms with E-state index in [2.05, 4.69) is 28.4 Å². The van der Waals surface area contributed by atoms with Crippen molar-refractivity contribution in [2.75, 3.05) is 13.2 Å². The number of aryl methyl sites for hydroxylation is 4. The predicted octanol–water partition coefficient (Wildman–Crippen LogP) is 2.74. The zero-order chi connectivity index (χ0) is 19.8. The maximum atomic E-state index is 12.3. The van der Waals surface area contributed by atoms with Gasteiger partial charge in [-0.05, 0) is 64.2 Å². The lowest BCUT2D eigenvalue weighted by Gasteiger charge is -2.13. The van der Waals surface area contributed by atoms with Gasteiger partial charge >= 0.3 is 0 Å². The second-order valence-electron chi connectivity index (χ2n) is 7.71. The van der Waals surface area contributed by atoms with Crippen LogP contribution in [-0.4, -0.2) is 44.7 Å². The Kier molecular flexibility index (Phi) is 5.02. The van der Waals surface area contributed by atoms with E-state index in [4.69, 9.17) is 9.72 Å². The van der Waals surface area contributed by atoms with Crippen molar-refractivity contribution in [3.63, 3.8) is 0 Å². The third-order valence-corrected chi connectivity index (χ3v) is 5.56. The second-order valence-corrected chi connectivity index (χ2v) is 7.71. The summed E-state index contributed by atoms with van der Waals surface area (Å²) in [4.78, 5) is 21.6. The Morgan fingerprint density at radius 2 is 2.11 bits per heavy atom. The normalized spacial score (nSPS) is 16.9. The lowest BCUT2D eigenvalue weighted by molar-refractivity contribution is -0.121. The van der Waals surface area contributed by atoms with Crippen molar-refractivity contribution in [1.29, 1.82) is 0 Å². The summed E-state index contributed by atoms with van der Waals surface area (Å²) in [6.45, 7) is 9.48. The molecule has 0 aromatic carbocycles. The molecular weight excluding hydrogens is 354 g/mol. The van der Waals surface area contributed by atoms with Gasteiger partial charge in [0.1, 0.15) is 0 Å². The first-order valence-electron chi connectivity index (χ1n) is 9.95. The number of amides is 1. The van der Waals surface area contributed by atoms with Gasteiger partial charge in [0, 0.05) is 36.7 Å². The van der Waals surface area contributed by atoms with Crippen molar-refractivity contribution in [3.05, 3.63) is 34.3 Å². The molecule has 28 heavy (non-hydrogen) atoms. The third kappa shape index (κ3) is 3.46. The molecule has 4 heterocycles. The van der Waals surface area contributed by atoms with E-state index in [1.807, 2.05) is 25.3 Å². The summed E-state index contributed by atoms with van der Waals surface area (Å²) in [5.41, 5.74) is 6.67. The molecule has 3 aromatic heterocycles. The van der Waals surface area contributed by atoms with Gasteiger partial charge in [-0.2, -0.15) is 0 Å². The standard InChI is InChI=1S/C21H27N5O2/c1-12-10-13(2)23-20-19(12)21-24-14(3)17(15(4)26(21)25-20)7-8-18(27)22-11-16-6-5-9-28-16/h10,16H,5-9,11H2,1-4H3,(H,22,27). The Labute approximate surface area is 164 Å². The molecule has 1 amide bonds.